The second-order valence-electron chi connectivity index (χ2n) is 8.76. The van der Waals surface area contributed by atoms with Crippen molar-refractivity contribution in [2.24, 2.45) is 0 Å². The van der Waals surface area contributed by atoms with Crippen LogP contribution in [0.4, 0.5) is 0 Å². The molecule has 0 atom stereocenters. The normalized spacial score (nSPS) is 11.2. The summed E-state index contributed by atoms with van der Waals surface area (Å²) in [5.74, 6) is 0. The van der Waals surface area contributed by atoms with Gasteiger partial charge in [-0.3, -0.25) is 0 Å². The fraction of sp³-hybridized carbons (Fsp3) is 0.0303. The van der Waals surface area contributed by atoms with Crippen LogP contribution in [-0.4, -0.2) is 15.2 Å². The van der Waals surface area contributed by atoms with Gasteiger partial charge in [-0.25, -0.2) is 0 Å². The van der Waals surface area contributed by atoms with Gasteiger partial charge in [-0.15, -0.1) is 5.10 Å². The minimum Gasteiger partial charge on any atom is -0.374 e. The Morgan fingerprint density at radius 3 is 1.27 bits per heavy atom. The number of hydrogen-bond donors (Lipinski definition) is 0. The Balaban J connectivity index is 1.63. The third-order valence-corrected chi connectivity index (χ3v) is 6.50. The van der Waals surface area contributed by atoms with E-state index in [1.54, 1.807) is 4.85 Å². The van der Waals surface area contributed by atoms with E-state index in [-0.39, 0.29) is 0 Å². The molecule has 0 amide bonds. The third-order valence-electron chi connectivity index (χ3n) is 6.50. The maximum absolute atomic E-state index is 7.09. The van der Waals surface area contributed by atoms with Crippen molar-refractivity contribution in [1.82, 2.24) is 15.2 Å². The lowest BCUT2D eigenvalue weighted by Crippen LogP contribution is -2.41. The molecule has 4 heteroatoms. The molecule has 0 aliphatic heterocycles. The minimum atomic E-state index is -0.977. The van der Waals surface area contributed by atoms with Crippen LogP contribution >= 0.6 is 0 Å². The highest BCUT2D eigenvalue weighted by Crippen LogP contribution is 2.40. The van der Waals surface area contributed by atoms with Gasteiger partial charge >= 0.3 is 0 Å². The summed E-state index contributed by atoms with van der Waals surface area (Å²) >= 11 is 0. The predicted octanol–water partition coefficient (Wildman–Crippen LogP) is 7.03. The summed E-state index contributed by atoms with van der Waals surface area (Å²) in [6, 6.07) is 51.1. The average Bonchev–Trinajstić information content (AvgIpc) is 3.41. The second kappa shape index (κ2) is 9.96. The lowest BCUT2D eigenvalue weighted by atomic mass is 9.80. The van der Waals surface area contributed by atoms with Gasteiger partial charge in [-0.2, -0.15) is 0 Å². The first-order valence-corrected chi connectivity index (χ1v) is 12.3. The van der Waals surface area contributed by atoms with Gasteiger partial charge in [-0.05, 0) is 5.21 Å². The maximum atomic E-state index is 7.09. The molecule has 0 aliphatic rings. The zero-order valence-corrected chi connectivity index (χ0v) is 20.2. The zero-order chi connectivity index (χ0) is 24.9. The molecule has 0 saturated heterocycles. The van der Waals surface area contributed by atoms with Crippen molar-refractivity contribution in [2.45, 2.75) is 5.60 Å². The quantitative estimate of drug-likeness (QED) is 0.231. The summed E-state index contributed by atoms with van der Waals surface area (Å²) in [7, 11) is 0. The molecule has 0 aliphatic carbocycles. The van der Waals surface area contributed by atoms with Crippen LogP contribution in [0.15, 0.2) is 152 Å². The van der Waals surface area contributed by atoms with Gasteiger partial charge in [0, 0.05) is 27.8 Å². The Hall–Kier alpha value is -4.96. The summed E-state index contributed by atoms with van der Waals surface area (Å²) in [5.41, 5.74) is 5.48. The fourth-order valence-electron chi connectivity index (χ4n) is 4.77. The Morgan fingerprint density at radius 1 is 0.459 bits per heavy atom. The van der Waals surface area contributed by atoms with Crippen molar-refractivity contribution in [3.8, 4) is 22.5 Å². The third kappa shape index (κ3) is 4.19. The lowest BCUT2D eigenvalue weighted by Gasteiger charge is -2.35. The van der Waals surface area contributed by atoms with E-state index in [9.17, 15) is 0 Å². The monoisotopic (exact) mass is 479 g/mol. The topological polar surface area (TPSA) is 39.9 Å². The van der Waals surface area contributed by atoms with Crippen LogP contribution in [0, 0.1) is 0 Å². The number of aromatic nitrogens is 3. The molecular weight excluding hydrogens is 454 g/mol. The standard InChI is InChI=1S/C33H25N3O/c1-6-16-26(17-7-1)31-32(27-18-8-2-9-19-27)36(35-34-31)37-33(28-20-10-3-11-21-28,29-22-12-4-13-23-29)30-24-14-5-15-25-30/h1-25H. The van der Waals surface area contributed by atoms with Crippen molar-refractivity contribution in [3.63, 3.8) is 0 Å². The number of benzene rings is 5. The molecule has 1 aromatic heterocycles. The van der Waals surface area contributed by atoms with Crippen LogP contribution < -0.4 is 4.84 Å². The van der Waals surface area contributed by atoms with Crippen LogP contribution in [0.25, 0.3) is 22.5 Å². The summed E-state index contributed by atoms with van der Waals surface area (Å²) in [6.07, 6.45) is 0. The molecule has 0 spiro atoms. The van der Waals surface area contributed by atoms with E-state index >= 15 is 0 Å². The molecule has 0 fully saturated rings. The van der Waals surface area contributed by atoms with E-state index in [1.165, 1.54) is 0 Å². The zero-order valence-electron chi connectivity index (χ0n) is 20.2. The van der Waals surface area contributed by atoms with Gasteiger partial charge in [0.15, 0.2) is 0 Å². The van der Waals surface area contributed by atoms with Gasteiger partial charge in [0.1, 0.15) is 11.4 Å². The summed E-state index contributed by atoms with van der Waals surface area (Å²) in [4.78, 5) is 8.68. The first-order valence-electron chi connectivity index (χ1n) is 12.3. The molecule has 37 heavy (non-hydrogen) atoms. The molecule has 0 radical (unpaired) electrons. The Kier molecular flexibility index (Phi) is 6.05. The van der Waals surface area contributed by atoms with Gasteiger partial charge in [0.25, 0.3) is 0 Å². The molecule has 5 aromatic carbocycles. The van der Waals surface area contributed by atoms with Gasteiger partial charge < -0.3 is 4.84 Å². The maximum Gasteiger partial charge on any atom is 0.212 e. The fourth-order valence-corrected chi connectivity index (χ4v) is 4.77. The number of hydrogen-bond acceptors (Lipinski definition) is 3. The van der Waals surface area contributed by atoms with Crippen LogP contribution in [0.3, 0.4) is 0 Å². The molecule has 178 valence electrons. The lowest BCUT2D eigenvalue weighted by molar-refractivity contribution is -0.0205. The Bertz CT molecular complexity index is 1470. The van der Waals surface area contributed by atoms with Crippen molar-refractivity contribution in [1.29, 1.82) is 0 Å². The Morgan fingerprint density at radius 2 is 0.838 bits per heavy atom. The first-order chi connectivity index (χ1) is 18.4. The van der Waals surface area contributed by atoms with Crippen molar-refractivity contribution in [3.05, 3.63) is 168 Å². The first kappa shape index (κ1) is 22.5. The predicted molar refractivity (Wildman–Crippen MR) is 147 cm³/mol. The van der Waals surface area contributed by atoms with E-state index in [0.717, 1.165) is 39.2 Å². The highest BCUT2D eigenvalue weighted by atomic mass is 16.7. The van der Waals surface area contributed by atoms with Gasteiger partial charge in [-0.1, -0.05) is 157 Å². The highest BCUT2D eigenvalue weighted by molar-refractivity contribution is 5.77. The van der Waals surface area contributed by atoms with E-state index < -0.39 is 5.60 Å². The summed E-state index contributed by atoms with van der Waals surface area (Å²) < 4.78 is 0. The molecular formula is C33H25N3O. The van der Waals surface area contributed by atoms with Crippen molar-refractivity contribution in [2.75, 3.05) is 0 Å². The number of nitrogens with zero attached hydrogens (tertiary/aromatic N) is 3. The SMILES string of the molecule is c1ccc(-c2nnn(OC(c3ccccc3)(c3ccccc3)c3ccccc3)c2-c2ccccc2)cc1. The second-order valence-corrected chi connectivity index (χ2v) is 8.76. The van der Waals surface area contributed by atoms with Crippen LogP contribution in [0.5, 0.6) is 0 Å². The van der Waals surface area contributed by atoms with Crippen LogP contribution in [0.1, 0.15) is 16.7 Å². The van der Waals surface area contributed by atoms with E-state index in [4.69, 9.17) is 4.84 Å². The smallest absolute Gasteiger partial charge is 0.212 e. The van der Waals surface area contributed by atoms with E-state index in [0.29, 0.717) is 0 Å². The molecule has 1 heterocycles. The molecule has 0 bridgehead atoms. The van der Waals surface area contributed by atoms with Crippen molar-refractivity contribution < 1.29 is 4.84 Å². The Labute approximate surface area is 216 Å². The molecule has 6 rings (SSSR count). The van der Waals surface area contributed by atoms with Gasteiger partial charge in [0.05, 0.1) is 0 Å². The molecule has 6 aromatic rings. The highest BCUT2D eigenvalue weighted by Gasteiger charge is 2.41. The number of rotatable bonds is 7. The molecule has 0 saturated carbocycles. The van der Waals surface area contributed by atoms with Crippen molar-refractivity contribution >= 4 is 0 Å². The van der Waals surface area contributed by atoms with E-state index in [1.807, 2.05) is 103 Å². The average molecular weight is 480 g/mol. The summed E-state index contributed by atoms with van der Waals surface area (Å²) in [5, 5.41) is 9.19. The van der Waals surface area contributed by atoms with Crippen LogP contribution in [-0.2, 0) is 5.60 Å². The van der Waals surface area contributed by atoms with E-state index in [2.05, 4.69) is 58.8 Å². The molecule has 0 unspecified atom stereocenters. The largest absolute Gasteiger partial charge is 0.374 e. The molecule has 0 N–H and O–H groups in total. The van der Waals surface area contributed by atoms with Crippen LogP contribution in [0.2, 0.25) is 0 Å². The van der Waals surface area contributed by atoms with Gasteiger partial charge in [0.2, 0.25) is 5.60 Å². The summed E-state index contributed by atoms with van der Waals surface area (Å²) in [6.45, 7) is 0. The molecule has 4 nitrogen and oxygen atoms in total. The minimum absolute atomic E-state index is 0.759.